The van der Waals surface area contributed by atoms with Gasteiger partial charge in [0.05, 0.1) is 12.4 Å². The van der Waals surface area contributed by atoms with Crippen LogP contribution in [0.5, 0.6) is 0 Å². The Morgan fingerprint density at radius 3 is 2.71 bits per heavy atom. The summed E-state index contributed by atoms with van der Waals surface area (Å²) < 4.78 is 5.29. The highest BCUT2D eigenvalue weighted by Gasteiger charge is 2.25. The highest BCUT2D eigenvalue weighted by Crippen LogP contribution is 2.33. The standard InChI is InChI=1S/C15H24O2/c1-2-12-5-7-13(8-6-12)15(16)10-9-14-4-3-11-17-14/h3-4,11-13,15-16H,2,5-10H2,1H3. The van der Waals surface area contributed by atoms with E-state index in [0.29, 0.717) is 5.92 Å². The molecule has 0 aromatic carbocycles. The van der Waals surface area contributed by atoms with Gasteiger partial charge in [0.1, 0.15) is 5.76 Å². The van der Waals surface area contributed by atoms with Crippen molar-refractivity contribution < 1.29 is 9.52 Å². The van der Waals surface area contributed by atoms with Gasteiger partial charge in [-0.05, 0) is 43.2 Å². The fourth-order valence-electron chi connectivity index (χ4n) is 2.96. The summed E-state index contributed by atoms with van der Waals surface area (Å²) in [6, 6.07) is 3.90. The number of hydrogen-bond donors (Lipinski definition) is 1. The van der Waals surface area contributed by atoms with Crippen molar-refractivity contribution in [2.24, 2.45) is 11.8 Å². The first kappa shape index (κ1) is 12.7. The van der Waals surface area contributed by atoms with Gasteiger partial charge in [0.25, 0.3) is 0 Å². The molecule has 1 aromatic heterocycles. The molecule has 1 heterocycles. The second-order valence-electron chi connectivity index (χ2n) is 5.37. The lowest BCUT2D eigenvalue weighted by Gasteiger charge is -2.31. The zero-order valence-corrected chi connectivity index (χ0v) is 10.8. The topological polar surface area (TPSA) is 33.4 Å². The van der Waals surface area contributed by atoms with Crippen molar-refractivity contribution in [3.05, 3.63) is 24.2 Å². The summed E-state index contributed by atoms with van der Waals surface area (Å²) in [7, 11) is 0. The molecule has 1 N–H and O–H groups in total. The first-order valence-corrected chi connectivity index (χ1v) is 7.00. The van der Waals surface area contributed by atoms with Crippen LogP contribution in [0.3, 0.4) is 0 Å². The number of hydrogen-bond acceptors (Lipinski definition) is 2. The van der Waals surface area contributed by atoms with Gasteiger partial charge < -0.3 is 9.52 Å². The molecule has 2 rings (SSSR count). The van der Waals surface area contributed by atoms with E-state index < -0.39 is 0 Å². The van der Waals surface area contributed by atoms with E-state index >= 15 is 0 Å². The minimum atomic E-state index is -0.141. The maximum atomic E-state index is 10.2. The average molecular weight is 236 g/mol. The first-order valence-electron chi connectivity index (χ1n) is 7.00. The number of aliphatic hydroxyl groups excluding tert-OH is 1. The van der Waals surface area contributed by atoms with Gasteiger partial charge in [-0.15, -0.1) is 0 Å². The smallest absolute Gasteiger partial charge is 0.103 e. The summed E-state index contributed by atoms with van der Waals surface area (Å²) in [4.78, 5) is 0. The van der Waals surface area contributed by atoms with Crippen molar-refractivity contribution >= 4 is 0 Å². The van der Waals surface area contributed by atoms with Crippen LogP contribution in [0, 0.1) is 11.8 Å². The van der Waals surface area contributed by atoms with Crippen LogP contribution in [0.15, 0.2) is 22.8 Å². The van der Waals surface area contributed by atoms with E-state index in [-0.39, 0.29) is 6.10 Å². The Kier molecular flexibility index (Phi) is 4.66. The molecule has 0 saturated heterocycles. The number of furan rings is 1. The second-order valence-corrected chi connectivity index (χ2v) is 5.37. The largest absolute Gasteiger partial charge is 0.469 e. The maximum Gasteiger partial charge on any atom is 0.103 e. The van der Waals surface area contributed by atoms with E-state index in [1.807, 2.05) is 12.1 Å². The second kappa shape index (κ2) is 6.25. The Balaban J connectivity index is 1.71. The Morgan fingerprint density at radius 1 is 1.35 bits per heavy atom. The van der Waals surface area contributed by atoms with E-state index in [0.717, 1.165) is 24.5 Å². The Morgan fingerprint density at radius 2 is 2.12 bits per heavy atom. The summed E-state index contributed by atoms with van der Waals surface area (Å²) in [5.41, 5.74) is 0. The molecule has 1 aromatic rings. The van der Waals surface area contributed by atoms with Crippen LogP contribution in [-0.2, 0) is 6.42 Å². The molecule has 0 amide bonds. The predicted molar refractivity (Wildman–Crippen MR) is 68.8 cm³/mol. The summed E-state index contributed by atoms with van der Waals surface area (Å²) >= 11 is 0. The van der Waals surface area contributed by atoms with E-state index in [1.165, 1.54) is 32.1 Å². The van der Waals surface area contributed by atoms with Gasteiger partial charge in [-0.3, -0.25) is 0 Å². The first-order chi connectivity index (χ1) is 8.29. The van der Waals surface area contributed by atoms with Gasteiger partial charge in [-0.2, -0.15) is 0 Å². The highest BCUT2D eigenvalue weighted by molar-refractivity contribution is 4.98. The van der Waals surface area contributed by atoms with Crippen LogP contribution in [0.2, 0.25) is 0 Å². The molecule has 1 unspecified atom stereocenters. The van der Waals surface area contributed by atoms with Crippen molar-refractivity contribution in [2.75, 3.05) is 0 Å². The predicted octanol–water partition coefficient (Wildman–Crippen LogP) is 3.79. The molecule has 1 saturated carbocycles. The zero-order chi connectivity index (χ0) is 12.1. The molecular weight excluding hydrogens is 212 g/mol. The van der Waals surface area contributed by atoms with E-state index in [9.17, 15) is 5.11 Å². The third-order valence-electron chi connectivity index (χ3n) is 4.28. The summed E-state index contributed by atoms with van der Waals surface area (Å²) in [5.74, 6) is 2.42. The fourth-order valence-corrected chi connectivity index (χ4v) is 2.96. The van der Waals surface area contributed by atoms with Crippen molar-refractivity contribution in [3.8, 4) is 0 Å². The summed E-state index contributed by atoms with van der Waals surface area (Å²) in [6.07, 6.45) is 9.59. The van der Waals surface area contributed by atoms with Crippen molar-refractivity contribution in [3.63, 3.8) is 0 Å². The van der Waals surface area contributed by atoms with Crippen molar-refractivity contribution in [1.82, 2.24) is 0 Å². The lowest BCUT2D eigenvalue weighted by molar-refractivity contribution is 0.0655. The van der Waals surface area contributed by atoms with Crippen LogP contribution in [0.25, 0.3) is 0 Å². The molecule has 96 valence electrons. The molecule has 0 bridgehead atoms. The minimum Gasteiger partial charge on any atom is -0.469 e. The van der Waals surface area contributed by atoms with Crippen LogP contribution < -0.4 is 0 Å². The Labute approximate surface area is 104 Å². The quantitative estimate of drug-likeness (QED) is 0.843. The van der Waals surface area contributed by atoms with Gasteiger partial charge in [0.2, 0.25) is 0 Å². The highest BCUT2D eigenvalue weighted by atomic mass is 16.3. The van der Waals surface area contributed by atoms with Gasteiger partial charge in [0, 0.05) is 6.42 Å². The molecular formula is C15H24O2. The van der Waals surface area contributed by atoms with Crippen LogP contribution in [-0.4, -0.2) is 11.2 Å². The van der Waals surface area contributed by atoms with Crippen molar-refractivity contribution in [1.29, 1.82) is 0 Å². The molecule has 0 radical (unpaired) electrons. The number of aryl methyl sites for hydroxylation is 1. The third-order valence-corrected chi connectivity index (χ3v) is 4.28. The average Bonchev–Trinajstić information content (AvgIpc) is 2.89. The minimum absolute atomic E-state index is 0.141. The van der Waals surface area contributed by atoms with Gasteiger partial charge >= 0.3 is 0 Å². The zero-order valence-electron chi connectivity index (χ0n) is 10.8. The number of rotatable bonds is 5. The Bertz CT molecular complexity index is 297. The third kappa shape index (κ3) is 3.60. The SMILES string of the molecule is CCC1CCC(C(O)CCc2ccco2)CC1. The molecule has 0 spiro atoms. The molecule has 1 aliphatic rings. The maximum absolute atomic E-state index is 10.2. The van der Waals surface area contributed by atoms with E-state index in [4.69, 9.17) is 4.42 Å². The lowest BCUT2D eigenvalue weighted by Crippen LogP contribution is -2.26. The summed E-state index contributed by atoms with van der Waals surface area (Å²) in [5, 5.41) is 10.2. The summed E-state index contributed by atoms with van der Waals surface area (Å²) in [6.45, 7) is 2.28. The van der Waals surface area contributed by atoms with Gasteiger partial charge in [0.15, 0.2) is 0 Å². The van der Waals surface area contributed by atoms with E-state index in [1.54, 1.807) is 6.26 Å². The van der Waals surface area contributed by atoms with E-state index in [2.05, 4.69) is 6.92 Å². The number of aliphatic hydroxyl groups is 1. The molecule has 1 aliphatic carbocycles. The normalized spacial score (nSPS) is 26.9. The molecule has 17 heavy (non-hydrogen) atoms. The molecule has 1 fully saturated rings. The lowest BCUT2D eigenvalue weighted by atomic mass is 9.77. The molecule has 2 heteroatoms. The monoisotopic (exact) mass is 236 g/mol. The van der Waals surface area contributed by atoms with Crippen LogP contribution >= 0.6 is 0 Å². The molecule has 2 nitrogen and oxygen atoms in total. The molecule has 1 atom stereocenters. The van der Waals surface area contributed by atoms with Gasteiger partial charge in [-0.25, -0.2) is 0 Å². The van der Waals surface area contributed by atoms with Crippen LogP contribution in [0.4, 0.5) is 0 Å². The van der Waals surface area contributed by atoms with Crippen molar-refractivity contribution in [2.45, 2.75) is 58.0 Å². The molecule has 0 aliphatic heterocycles. The Hall–Kier alpha value is -0.760. The van der Waals surface area contributed by atoms with Crippen LogP contribution in [0.1, 0.15) is 51.2 Å². The fraction of sp³-hybridized carbons (Fsp3) is 0.733. The van der Waals surface area contributed by atoms with Gasteiger partial charge in [-0.1, -0.05) is 26.2 Å².